The van der Waals surface area contributed by atoms with Gasteiger partial charge in [0.2, 0.25) is 5.91 Å². The Bertz CT molecular complexity index is 287. The highest BCUT2D eigenvalue weighted by molar-refractivity contribution is 6.09. The van der Waals surface area contributed by atoms with Gasteiger partial charge in [-0.15, -0.1) is 0 Å². The van der Waals surface area contributed by atoms with Crippen molar-refractivity contribution in [2.45, 2.75) is 19.5 Å². The van der Waals surface area contributed by atoms with Gasteiger partial charge in [-0.05, 0) is 13.3 Å². The Morgan fingerprint density at radius 3 is 2.29 bits per heavy atom. The molecule has 0 aromatic carbocycles. The number of rotatable bonds is 1. The van der Waals surface area contributed by atoms with E-state index in [4.69, 9.17) is 0 Å². The second kappa shape index (κ2) is 2.96. The molecule has 1 fully saturated rings. The van der Waals surface area contributed by atoms with Crippen LogP contribution in [-0.2, 0) is 9.59 Å². The van der Waals surface area contributed by atoms with Crippen molar-refractivity contribution >= 4 is 11.7 Å². The average Bonchev–Trinajstić information content (AvgIpc) is 2.32. The Morgan fingerprint density at radius 1 is 1.50 bits per heavy atom. The van der Waals surface area contributed by atoms with Crippen LogP contribution in [0.15, 0.2) is 0 Å². The number of halogens is 3. The minimum atomic E-state index is -4.93. The number of hydrogen-bond donors (Lipinski definition) is 0. The maximum Gasteiger partial charge on any atom is 0.451 e. The topological polar surface area (TPSA) is 37.4 Å². The number of Topliss-reactive ketones (excluding diaryl/α,β-unsaturated/α-hetero) is 1. The van der Waals surface area contributed by atoms with E-state index in [1.807, 2.05) is 0 Å². The van der Waals surface area contributed by atoms with Crippen molar-refractivity contribution in [3.05, 3.63) is 0 Å². The van der Waals surface area contributed by atoms with Gasteiger partial charge >= 0.3 is 6.18 Å². The quantitative estimate of drug-likeness (QED) is 0.604. The van der Waals surface area contributed by atoms with Crippen LogP contribution in [-0.4, -0.2) is 36.4 Å². The molecule has 1 unspecified atom stereocenters. The number of likely N-dealkylation sites (tertiary alicyclic amines) is 1. The molecule has 1 heterocycles. The van der Waals surface area contributed by atoms with E-state index in [1.165, 1.54) is 7.05 Å². The summed E-state index contributed by atoms with van der Waals surface area (Å²) < 4.78 is 36.4. The van der Waals surface area contributed by atoms with Gasteiger partial charge in [0.05, 0.1) is 0 Å². The number of amides is 1. The van der Waals surface area contributed by atoms with Gasteiger partial charge < -0.3 is 4.90 Å². The van der Waals surface area contributed by atoms with Crippen molar-refractivity contribution in [1.29, 1.82) is 0 Å². The summed E-state index contributed by atoms with van der Waals surface area (Å²) in [6.45, 7) is 1.24. The molecule has 0 spiro atoms. The molecule has 0 aliphatic carbocycles. The number of alkyl halides is 3. The molecule has 0 saturated carbocycles. The van der Waals surface area contributed by atoms with E-state index >= 15 is 0 Å². The lowest BCUT2D eigenvalue weighted by Crippen LogP contribution is -2.44. The van der Waals surface area contributed by atoms with Crippen molar-refractivity contribution in [3.63, 3.8) is 0 Å². The van der Waals surface area contributed by atoms with Gasteiger partial charge in [0.1, 0.15) is 5.41 Å². The number of carbonyl (C=O) groups excluding carboxylic acids is 2. The number of hydrogen-bond acceptors (Lipinski definition) is 2. The van der Waals surface area contributed by atoms with Crippen LogP contribution in [0.1, 0.15) is 13.3 Å². The van der Waals surface area contributed by atoms with Crippen LogP contribution in [0.2, 0.25) is 0 Å². The van der Waals surface area contributed by atoms with Gasteiger partial charge in [0.15, 0.2) is 0 Å². The van der Waals surface area contributed by atoms with Crippen LogP contribution in [0.3, 0.4) is 0 Å². The molecule has 1 rings (SSSR count). The molecule has 80 valence electrons. The molecule has 1 aliphatic heterocycles. The van der Waals surface area contributed by atoms with Gasteiger partial charge in [-0.2, -0.15) is 13.2 Å². The Balaban J connectivity index is 2.98. The predicted molar refractivity (Wildman–Crippen MR) is 41.4 cm³/mol. The summed E-state index contributed by atoms with van der Waals surface area (Å²) in [5.41, 5.74) is -1.91. The summed E-state index contributed by atoms with van der Waals surface area (Å²) >= 11 is 0. The number of ketones is 1. The minimum absolute atomic E-state index is 0.0688. The Morgan fingerprint density at radius 2 is 2.00 bits per heavy atom. The molecule has 14 heavy (non-hydrogen) atoms. The third kappa shape index (κ3) is 1.49. The minimum Gasteiger partial charge on any atom is -0.345 e. The van der Waals surface area contributed by atoms with Gasteiger partial charge in [0.25, 0.3) is 5.78 Å². The summed E-state index contributed by atoms with van der Waals surface area (Å²) in [5, 5.41) is 0. The summed E-state index contributed by atoms with van der Waals surface area (Å²) in [6.07, 6.45) is -5.00. The molecular formula is C8H10F3NO2. The fourth-order valence-electron chi connectivity index (χ4n) is 1.54. The zero-order valence-corrected chi connectivity index (χ0v) is 7.81. The lowest BCUT2D eigenvalue weighted by atomic mass is 9.83. The van der Waals surface area contributed by atoms with E-state index in [2.05, 4.69) is 0 Å². The van der Waals surface area contributed by atoms with E-state index in [9.17, 15) is 22.8 Å². The van der Waals surface area contributed by atoms with Crippen LogP contribution in [0.25, 0.3) is 0 Å². The molecule has 0 bridgehead atoms. The lowest BCUT2D eigenvalue weighted by molar-refractivity contribution is -0.182. The fourth-order valence-corrected chi connectivity index (χ4v) is 1.54. The van der Waals surface area contributed by atoms with E-state index in [0.29, 0.717) is 0 Å². The number of carbonyl (C=O) groups is 2. The second-order valence-corrected chi connectivity index (χ2v) is 3.64. The van der Waals surface area contributed by atoms with Crippen molar-refractivity contribution < 1.29 is 22.8 Å². The predicted octanol–water partition coefficient (Wildman–Crippen LogP) is 0.986. The normalized spacial score (nSPS) is 28.4. The third-order valence-electron chi connectivity index (χ3n) is 2.52. The largest absolute Gasteiger partial charge is 0.451 e. The van der Waals surface area contributed by atoms with Gasteiger partial charge in [-0.1, -0.05) is 0 Å². The van der Waals surface area contributed by atoms with E-state index < -0.39 is 23.3 Å². The molecular weight excluding hydrogens is 199 g/mol. The van der Waals surface area contributed by atoms with Crippen LogP contribution in [0.4, 0.5) is 13.2 Å². The summed E-state index contributed by atoms with van der Waals surface area (Å²) in [5.74, 6) is -2.70. The third-order valence-corrected chi connectivity index (χ3v) is 2.52. The van der Waals surface area contributed by atoms with Gasteiger partial charge in [-0.25, -0.2) is 0 Å². The highest BCUT2D eigenvalue weighted by atomic mass is 19.4. The average molecular weight is 209 g/mol. The zero-order chi connectivity index (χ0) is 11.1. The van der Waals surface area contributed by atoms with Crippen molar-refractivity contribution in [2.24, 2.45) is 5.41 Å². The molecule has 3 nitrogen and oxygen atoms in total. The Kier molecular flexibility index (Phi) is 2.33. The molecule has 1 atom stereocenters. The SMILES string of the molecule is CN1CCC(C)(C(=O)C(F)(F)F)C1=O. The monoisotopic (exact) mass is 209 g/mol. The zero-order valence-electron chi connectivity index (χ0n) is 7.81. The maximum absolute atomic E-state index is 12.1. The first kappa shape index (κ1) is 11.0. The van der Waals surface area contributed by atoms with Gasteiger partial charge in [0, 0.05) is 13.6 Å². The molecule has 1 aliphatic rings. The van der Waals surface area contributed by atoms with Crippen molar-refractivity contribution in [1.82, 2.24) is 4.90 Å². The van der Waals surface area contributed by atoms with Crippen molar-refractivity contribution in [3.8, 4) is 0 Å². The molecule has 0 N–H and O–H groups in total. The molecule has 0 radical (unpaired) electrons. The Labute approximate surface area is 78.9 Å². The fraction of sp³-hybridized carbons (Fsp3) is 0.750. The van der Waals surface area contributed by atoms with Crippen LogP contribution in [0, 0.1) is 5.41 Å². The standard InChI is InChI=1S/C8H10F3NO2/c1-7(5(13)8(9,10)11)3-4-12(2)6(7)14/h3-4H2,1-2H3. The smallest absolute Gasteiger partial charge is 0.345 e. The molecule has 0 aromatic rings. The molecule has 0 aromatic heterocycles. The molecule has 1 amide bonds. The van der Waals surface area contributed by atoms with Crippen LogP contribution < -0.4 is 0 Å². The van der Waals surface area contributed by atoms with E-state index in [0.717, 1.165) is 11.8 Å². The second-order valence-electron chi connectivity index (χ2n) is 3.64. The molecule has 1 saturated heterocycles. The lowest BCUT2D eigenvalue weighted by Gasteiger charge is -2.21. The first-order chi connectivity index (χ1) is 6.19. The first-order valence-electron chi connectivity index (χ1n) is 4.07. The summed E-state index contributed by atoms with van der Waals surface area (Å²) in [6, 6.07) is 0. The maximum atomic E-state index is 12.1. The van der Waals surface area contributed by atoms with Gasteiger partial charge in [-0.3, -0.25) is 9.59 Å². The first-order valence-corrected chi connectivity index (χ1v) is 4.07. The van der Waals surface area contributed by atoms with Crippen LogP contribution >= 0.6 is 0 Å². The summed E-state index contributed by atoms with van der Waals surface area (Å²) in [4.78, 5) is 23.4. The Hall–Kier alpha value is -1.07. The molecule has 6 heteroatoms. The van der Waals surface area contributed by atoms with E-state index in [1.54, 1.807) is 0 Å². The van der Waals surface area contributed by atoms with E-state index in [-0.39, 0.29) is 13.0 Å². The van der Waals surface area contributed by atoms with Crippen molar-refractivity contribution in [2.75, 3.05) is 13.6 Å². The number of nitrogens with zero attached hydrogens (tertiary/aromatic N) is 1. The highest BCUT2D eigenvalue weighted by Gasteiger charge is 2.57. The van der Waals surface area contributed by atoms with Crippen LogP contribution in [0.5, 0.6) is 0 Å². The highest BCUT2D eigenvalue weighted by Crippen LogP contribution is 2.37. The summed E-state index contributed by atoms with van der Waals surface area (Å²) in [7, 11) is 1.39.